The van der Waals surface area contributed by atoms with E-state index in [0.717, 1.165) is 28.3 Å². The van der Waals surface area contributed by atoms with Crippen LogP contribution in [0.15, 0.2) is 77.7 Å². The minimum Gasteiger partial charge on any atom is -0.395 e. The Morgan fingerprint density at radius 3 is 2.35 bits per heavy atom. The highest BCUT2D eigenvalue weighted by atomic mass is 35.5. The number of amides is 1. The highest BCUT2D eigenvalue weighted by Gasteiger charge is 2.34. The summed E-state index contributed by atoms with van der Waals surface area (Å²) in [6.07, 6.45) is 1.22. The zero-order chi connectivity index (χ0) is 22.4. The molecule has 1 aromatic heterocycles. The van der Waals surface area contributed by atoms with Gasteiger partial charge in [-0.05, 0) is 35.9 Å². The molecule has 0 radical (unpaired) electrons. The molecule has 0 fully saturated rings. The number of carbonyl (C=O) groups is 2. The number of Topliss-reactive ketones (excluding diaryl/α,β-unsaturated/α-hetero) is 1. The summed E-state index contributed by atoms with van der Waals surface area (Å²) in [6, 6.07) is 14.7. The van der Waals surface area contributed by atoms with Gasteiger partial charge in [0.05, 0.1) is 11.6 Å². The van der Waals surface area contributed by atoms with E-state index in [1.165, 1.54) is 29.3 Å². The molecule has 3 aromatic rings. The van der Waals surface area contributed by atoms with E-state index in [0.29, 0.717) is 0 Å². The van der Waals surface area contributed by atoms with E-state index in [9.17, 15) is 23.9 Å². The average Bonchev–Trinajstić information content (AvgIpc) is 2.77. The Bertz CT molecular complexity index is 1120. The molecule has 3 rings (SSSR count). The summed E-state index contributed by atoms with van der Waals surface area (Å²) in [4.78, 5) is 40.6. The van der Waals surface area contributed by atoms with E-state index >= 15 is 0 Å². The third-order valence-corrected chi connectivity index (χ3v) is 4.91. The zero-order valence-electron chi connectivity index (χ0n) is 16.4. The van der Waals surface area contributed by atoms with Crippen LogP contribution in [0, 0.1) is 5.82 Å². The smallest absolute Gasteiger partial charge is 0.254 e. The minimum atomic E-state index is -1.56. The molecule has 0 aliphatic heterocycles. The SMILES string of the molecule is O=C(c1ccc(F)cc1)C(C(=O)N(CCO)Cc1ccccc1)n1cc(Cl)ccc1=O. The maximum Gasteiger partial charge on any atom is 0.254 e. The van der Waals surface area contributed by atoms with Crippen molar-refractivity contribution in [3.63, 3.8) is 0 Å². The lowest BCUT2D eigenvalue weighted by molar-refractivity contribution is -0.134. The van der Waals surface area contributed by atoms with Crippen molar-refractivity contribution in [3.8, 4) is 0 Å². The van der Waals surface area contributed by atoms with Gasteiger partial charge in [0.15, 0.2) is 11.8 Å². The second-order valence-electron chi connectivity index (χ2n) is 6.84. The van der Waals surface area contributed by atoms with Gasteiger partial charge in [-0.15, -0.1) is 0 Å². The lowest BCUT2D eigenvalue weighted by atomic mass is 10.0. The third kappa shape index (κ3) is 5.45. The Morgan fingerprint density at radius 1 is 1.03 bits per heavy atom. The molecule has 6 nitrogen and oxygen atoms in total. The first-order valence-electron chi connectivity index (χ1n) is 9.51. The van der Waals surface area contributed by atoms with Crippen LogP contribution in [0.3, 0.4) is 0 Å². The van der Waals surface area contributed by atoms with Crippen LogP contribution >= 0.6 is 11.6 Å². The number of aliphatic hydroxyl groups excluding tert-OH is 1. The monoisotopic (exact) mass is 442 g/mol. The number of hydrogen-bond acceptors (Lipinski definition) is 4. The minimum absolute atomic E-state index is 0.0454. The predicted octanol–water partition coefficient (Wildman–Crippen LogP) is 3.09. The molecule has 1 unspecified atom stereocenters. The van der Waals surface area contributed by atoms with Crippen LogP contribution in [0.4, 0.5) is 4.39 Å². The van der Waals surface area contributed by atoms with E-state index in [2.05, 4.69) is 0 Å². The van der Waals surface area contributed by atoms with Crippen LogP contribution in [0.25, 0.3) is 0 Å². The zero-order valence-corrected chi connectivity index (χ0v) is 17.2. The van der Waals surface area contributed by atoms with E-state index < -0.39 is 29.1 Å². The molecular weight excluding hydrogens is 423 g/mol. The Balaban J connectivity index is 2.06. The number of benzene rings is 2. The van der Waals surface area contributed by atoms with Gasteiger partial charge in [-0.25, -0.2) is 4.39 Å². The van der Waals surface area contributed by atoms with E-state index in [1.807, 2.05) is 6.07 Å². The van der Waals surface area contributed by atoms with Crippen molar-refractivity contribution in [1.29, 1.82) is 0 Å². The lowest BCUT2D eigenvalue weighted by Gasteiger charge is -2.27. The summed E-state index contributed by atoms with van der Waals surface area (Å²) in [5.41, 5.74) is 0.257. The van der Waals surface area contributed by atoms with Crippen LogP contribution in [0.1, 0.15) is 22.0 Å². The van der Waals surface area contributed by atoms with Gasteiger partial charge in [0, 0.05) is 30.9 Å². The van der Waals surface area contributed by atoms with Crippen molar-refractivity contribution in [2.75, 3.05) is 13.2 Å². The number of nitrogens with zero attached hydrogens (tertiary/aromatic N) is 2. The number of ketones is 1. The molecule has 1 amide bonds. The maximum atomic E-state index is 13.5. The average molecular weight is 443 g/mol. The molecule has 0 saturated carbocycles. The molecule has 8 heteroatoms. The highest BCUT2D eigenvalue weighted by Crippen LogP contribution is 2.20. The van der Waals surface area contributed by atoms with Crippen molar-refractivity contribution >= 4 is 23.3 Å². The van der Waals surface area contributed by atoms with Crippen molar-refractivity contribution in [1.82, 2.24) is 9.47 Å². The number of halogens is 2. The van der Waals surface area contributed by atoms with Gasteiger partial charge in [-0.2, -0.15) is 0 Å². The van der Waals surface area contributed by atoms with E-state index in [1.54, 1.807) is 24.3 Å². The molecule has 0 aliphatic carbocycles. The molecule has 31 heavy (non-hydrogen) atoms. The van der Waals surface area contributed by atoms with Gasteiger partial charge in [-0.1, -0.05) is 41.9 Å². The summed E-state index contributed by atoms with van der Waals surface area (Å²) < 4.78 is 14.3. The van der Waals surface area contributed by atoms with Crippen LogP contribution in [0.2, 0.25) is 5.02 Å². The topological polar surface area (TPSA) is 79.6 Å². The maximum absolute atomic E-state index is 13.5. The first kappa shape index (κ1) is 22.4. The number of aromatic nitrogens is 1. The Hall–Kier alpha value is -3.29. The molecule has 0 spiro atoms. The number of pyridine rings is 1. The second-order valence-corrected chi connectivity index (χ2v) is 7.27. The fourth-order valence-electron chi connectivity index (χ4n) is 3.17. The van der Waals surface area contributed by atoms with Crippen LogP contribution in [-0.4, -0.2) is 39.4 Å². The summed E-state index contributed by atoms with van der Waals surface area (Å²) in [5.74, 6) is -1.91. The number of hydrogen-bond donors (Lipinski definition) is 1. The number of carbonyl (C=O) groups excluding carboxylic acids is 2. The normalized spacial score (nSPS) is 11.7. The summed E-state index contributed by atoms with van der Waals surface area (Å²) >= 11 is 6.02. The molecule has 0 aliphatic rings. The number of aliphatic hydroxyl groups is 1. The van der Waals surface area contributed by atoms with Gasteiger partial charge >= 0.3 is 0 Å². The quantitative estimate of drug-likeness (QED) is 0.429. The molecule has 1 atom stereocenters. The van der Waals surface area contributed by atoms with Crippen LogP contribution in [0.5, 0.6) is 0 Å². The van der Waals surface area contributed by atoms with Gasteiger partial charge < -0.3 is 10.0 Å². The Kier molecular flexibility index (Phi) is 7.33. The lowest BCUT2D eigenvalue weighted by Crippen LogP contribution is -2.44. The largest absolute Gasteiger partial charge is 0.395 e. The van der Waals surface area contributed by atoms with Crippen molar-refractivity contribution < 1.29 is 19.1 Å². The second kappa shape index (κ2) is 10.1. The van der Waals surface area contributed by atoms with Crippen molar-refractivity contribution in [3.05, 3.63) is 105 Å². The molecule has 160 valence electrons. The first-order chi connectivity index (χ1) is 14.9. The molecule has 2 aromatic carbocycles. The highest BCUT2D eigenvalue weighted by molar-refractivity contribution is 6.30. The van der Waals surface area contributed by atoms with Crippen molar-refractivity contribution in [2.45, 2.75) is 12.6 Å². The third-order valence-electron chi connectivity index (χ3n) is 4.69. The molecule has 1 N–H and O–H groups in total. The standard InChI is InChI=1S/C23H20ClFN2O4/c24-18-8-11-20(29)27(15-18)21(22(30)17-6-9-19(25)10-7-17)23(31)26(12-13-28)14-16-4-2-1-3-5-16/h1-11,15,21,28H,12-14H2. The van der Waals surface area contributed by atoms with Crippen LogP contribution in [-0.2, 0) is 11.3 Å². The Morgan fingerprint density at radius 2 is 1.71 bits per heavy atom. The van der Waals surface area contributed by atoms with E-state index in [4.69, 9.17) is 11.6 Å². The van der Waals surface area contributed by atoms with Crippen molar-refractivity contribution in [2.24, 2.45) is 0 Å². The van der Waals surface area contributed by atoms with Crippen LogP contribution < -0.4 is 5.56 Å². The van der Waals surface area contributed by atoms with E-state index in [-0.39, 0.29) is 30.3 Å². The molecule has 1 heterocycles. The summed E-state index contributed by atoms with van der Waals surface area (Å²) in [5, 5.41) is 9.66. The predicted molar refractivity (Wildman–Crippen MR) is 114 cm³/mol. The van der Waals surface area contributed by atoms with Gasteiger partial charge in [-0.3, -0.25) is 19.0 Å². The van der Waals surface area contributed by atoms with Gasteiger partial charge in [0.1, 0.15) is 5.82 Å². The number of rotatable bonds is 8. The molecular formula is C23H20ClFN2O4. The Labute approximate surface area is 183 Å². The summed E-state index contributed by atoms with van der Waals surface area (Å²) in [6.45, 7) is -0.251. The van der Waals surface area contributed by atoms with Gasteiger partial charge in [0.25, 0.3) is 11.5 Å². The summed E-state index contributed by atoms with van der Waals surface area (Å²) in [7, 11) is 0. The van der Waals surface area contributed by atoms with Gasteiger partial charge in [0.2, 0.25) is 0 Å². The molecule has 0 bridgehead atoms. The first-order valence-corrected chi connectivity index (χ1v) is 9.89. The fourth-order valence-corrected chi connectivity index (χ4v) is 3.34. The fraction of sp³-hybridized carbons (Fsp3) is 0.174. The molecule has 0 saturated heterocycles.